The summed E-state index contributed by atoms with van der Waals surface area (Å²) in [6.07, 6.45) is 4.07. The van der Waals surface area contributed by atoms with Crippen molar-refractivity contribution >= 4 is 5.69 Å². The highest BCUT2D eigenvalue weighted by atomic mass is 16.5. The number of likely N-dealkylation sites (tertiary alicyclic amines) is 1. The van der Waals surface area contributed by atoms with Gasteiger partial charge in [0.1, 0.15) is 0 Å². The highest BCUT2D eigenvalue weighted by Gasteiger charge is 2.40. The SMILES string of the molecule is COCC[C@]1(O)CCN(C2CCN(c3ccccc3)CC2)C[C@H]1C. The topological polar surface area (TPSA) is 35.9 Å². The lowest BCUT2D eigenvalue weighted by atomic mass is 9.79. The highest BCUT2D eigenvalue weighted by Crippen LogP contribution is 2.33. The molecule has 2 saturated heterocycles. The van der Waals surface area contributed by atoms with Crippen molar-refractivity contribution in [3.63, 3.8) is 0 Å². The summed E-state index contributed by atoms with van der Waals surface area (Å²) in [4.78, 5) is 5.12. The van der Waals surface area contributed by atoms with E-state index >= 15 is 0 Å². The lowest BCUT2D eigenvalue weighted by Crippen LogP contribution is -2.55. The van der Waals surface area contributed by atoms with Crippen molar-refractivity contribution in [1.82, 2.24) is 4.90 Å². The maximum absolute atomic E-state index is 10.9. The Hall–Kier alpha value is -1.10. The molecule has 2 aliphatic heterocycles. The number of benzene rings is 1. The fraction of sp³-hybridized carbons (Fsp3) is 0.700. The first-order valence-electron chi connectivity index (χ1n) is 9.38. The van der Waals surface area contributed by atoms with E-state index in [1.807, 2.05) is 0 Å². The van der Waals surface area contributed by atoms with E-state index in [0.717, 1.165) is 39.0 Å². The minimum atomic E-state index is -0.544. The van der Waals surface area contributed by atoms with Gasteiger partial charge in [-0.2, -0.15) is 0 Å². The molecule has 4 nitrogen and oxygen atoms in total. The number of hydrogen-bond acceptors (Lipinski definition) is 4. The average Bonchev–Trinajstić information content (AvgIpc) is 2.63. The molecule has 2 atom stereocenters. The molecule has 0 unspecified atom stereocenters. The number of rotatable bonds is 5. The number of anilines is 1. The van der Waals surface area contributed by atoms with Crippen LogP contribution in [0.1, 0.15) is 32.6 Å². The molecule has 0 amide bonds. The van der Waals surface area contributed by atoms with Crippen LogP contribution in [0.4, 0.5) is 5.69 Å². The molecule has 1 aromatic rings. The molecule has 0 radical (unpaired) electrons. The van der Waals surface area contributed by atoms with Gasteiger partial charge in [0.05, 0.1) is 5.60 Å². The van der Waals surface area contributed by atoms with Gasteiger partial charge in [-0.1, -0.05) is 25.1 Å². The second-order valence-corrected chi connectivity index (χ2v) is 7.55. The van der Waals surface area contributed by atoms with Crippen LogP contribution < -0.4 is 4.90 Å². The van der Waals surface area contributed by atoms with Crippen molar-refractivity contribution in [1.29, 1.82) is 0 Å². The zero-order valence-corrected chi connectivity index (χ0v) is 15.2. The van der Waals surface area contributed by atoms with Crippen molar-refractivity contribution in [3.05, 3.63) is 30.3 Å². The molecule has 4 heteroatoms. The molecule has 2 heterocycles. The molecule has 0 aliphatic carbocycles. The standard InChI is InChI=1S/C20H32N2O2/c1-17-16-22(14-10-20(17,23)11-15-24-2)19-8-12-21(13-9-19)18-6-4-3-5-7-18/h3-7,17,19,23H,8-16H2,1-2H3/t17-,20-/m1/s1. The smallest absolute Gasteiger partial charge is 0.0719 e. The lowest BCUT2D eigenvalue weighted by Gasteiger charge is -2.48. The number of hydrogen-bond donors (Lipinski definition) is 1. The van der Waals surface area contributed by atoms with Crippen LogP contribution in [-0.2, 0) is 4.74 Å². The molecule has 0 spiro atoms. The van der Waals surface area contributed by atoms with E-state index < -0.39 is 5.60 Å². The summed E-state index contributed by atoms with van der Waals surface area (Å²) in [7, 11) is 1.71. The quantitative estimate of drug-likeness (QED) is 0.899. The zero-order chi connectivity index (χ0) is 17.0. The molecule has 1 N–H and O–H groups in total. The number of aliphatic hydroxyl groups is 1. The van der Waals surface area contributed by atoms with E-state index in [2.05, 4.69) is 47.1 Å². The Bertz CT molecular complexity index is 502. The Labute approximate surface area is 146 Å². The van der Waals surface area contributed by atoms with Crippen molar-refractivity contribution in [2.75, 3.05) is 44.8 Å². The largest absolute Gasteiger partial charge is 0.389 e. The van der Waals surface area contributed by atoms with Gasteiger partial charge in [-0.25, -0.2) is 0 Å². The molecule has 24 heavy (non-hydrogen) atoms. The highest BCUT2D eigenvalue weighted by molar-refractivity contribution is 5.46. The summed E-state index contributed by atoms with van der Waals surface area (Å²) in [5, 5.41) is 10.9. The van der Waals surface area contributed by atoms with E-state index in [-0.39, 0.29) is 0 Å². The second kappa shape index (κ2) is 7.85. The number of para-hydroxylation sites is 1. The first-order valence-corrected chi connectivity index (χ1v) is 9.38. The number of methoxy groups -OCH3 is 1. The van der Waals surface area contributed by atoms with Crippen molar-refractivity contribution in [2.45, 2.75) is 44.2 Å². The molecule has 1 aromatic carbocycles. The normalized spacial score (nSPS) is 29.8. The Balaban J connectivity index is 1.51. The molecule has 2 aliphatic rings. The molecular formula is C20H32N2O2. The third-order valence-electron chi connectivity index (χ3n) is 6.10. The van der Waals surface area contributed by atoms with Gasteiger partial charge in [0.15, 0.2) is 0 Å². The van der Waals surface area contributed by atoms with Crippen molar-refractivity contribution in [2.24, 2.45) is 5.92 Å². The van der Waals surface area contributed by atoms with E-state index in [0.29, 0.717) is 18.6 Å². The van der Waals surface area contributed by atoms with Gasteiger partial charge in [0.25, 0.3) is 0 Å². The van der Waals surface area contributed by atoms with Gasteiger partial charge in [0, 0.05) is 51.6 Å². The predicted octanol–water partition coefficient (Wildman–Crippen LogP) is 2.76. The maximum atomic E-state index is 10.9. The van der Waals surface area contributed by atoms with Crippen LogP contribution in [0.15, 0.2) is 30.3 Å². The molecule has 134 valence electrons. The Morgan fingerprint density at radius 2 is 1.88 bits per heavy atom. The summed E-state index contributed by atoms with van der Waals surface area (Å²) in [5.41, 5.74) is 0.800. The average molecular weight is 332 g/mol. The third kappa shape index (κ3) is 3.93. The minimum absolute atomic E-state index is 0.313. The molecule has 3 rings (SSSR count). The first-order chi connectivity index (χ1) is 11.6. The number of nitrogens with zero attached hydrogens (tertiary/aromatic N) is 2. The first kappa shape index (κ1) is 17.7. The number of piperidine rings is 2. The fourth-order valence-corrected chi connectivity index (χ4v) is 4.31. The minimum Gasteiger partial charge on any atom is -0.389 e. The molecule has 0 aromatic heterocycles. The lowest BCUT2D eigenvalue weighted by molar-refractivity contribution is -0.0898. The zero-order valence-electron chi connectivity index (χ0n) is 15.2. The van der Waals surface area contributed by atoms with Crippen molar-refractivity contribution in [3.8, 4) is 0 Å². The van der Waals surface area contributed by atoms with E-state index in [9.17, 15) is 5.11 Å². The van der Waals surface area contributed by atoms with Gasteiger partial charge >= 0.3 is 0 Å². The van der Waals surface area contributed by atoms with Crippen LogP contribution in [0.2, 0.25) is 0 Å². The predicted molar refractivity (Wildman–Crippen MR) is 98.5 cm³/mol. The molecule has 0 bridgehead atoms. The van der Waals surface area contributed by atoms with Crippen LogP contribution >= 0.6 is 0 Å². The van der Waals surface area contributed by atoms with Crippen LogP contribution in [-0.4, -0.2) is 61.5 Å². The van der Waals surface area contributed by atoms with Crippen LogP contribution in [0.5, 0.6) is 0 Å². The fourth-order valence-electron chi connectivity index (χ4n) is 4.31. The summed E-state index contributed by atoms with van der Waals surface area (Å²) in [5.74, 6) is 0.313. The van der Waals surface area contributed by atoms with Gasteiger partial charge < -0.3 is 14.7 Å². The van der Waals surface area contributed by atoms with Crippen LogP contribution in [0.25, 0.3) is 0 Å². The molecule has 2 fully saturated rings. The van der Waals surface area contributed by atoms with E-state index in [1.165, 1.54) is 18.5 Å². The van der Waals surface area contributed by atoms with Crippen molar-refractivity contribution < 1.29 is 9.84 Å². The Morgan fingerprint density at radius 1 is 1.17 bits per heavy atom. The summed E-state index contributed by atoms with van der Waals surface area (Å²) in [6, 6.07) is 11.4. The second-order valence-electron chi connectivity index (χ2n) is 7.55. The van der Waals surface area contributed by atoms with Crippen LogP contribution in [0, 0.1) is 5.92 Å². The summed E-state index contributed by atoms with van der Waals surface area (Å²) >= 11 is 0. The van der Waals surface area contributed by atoms with E-state index in [1.54, 1.807) is 7.11 Å². The number of ether oxygens (including phenoxy) is 1. The van der Waals surface area contributed by atoms with E-state index in [4.69, 9.17) is 4.74 Å². The maximum Gasteiger partial charge on any atom is 0.0719 e. The third-order valence-corrected chi connectivity index (χ3v) is 6.10. The van der Waals surface area contributed by atoms with Gasteiger partial charge in [-0.05, 0) is 43.7 Å². The summed E-state index contributed by atoms with van der Waals surface area (Å²) < 4.78 is 5.18. The summed E-state index contributed by atoms with van der Waals surface area (Å²) in [6.45, 7) is 7.13. The van der Waals surface area contributed by atoms with Gasteiger partial charge in [-0.15, -0.1) is 0 Å². The molecular weight excluding hydrogens is 300 g/mol. The Kier molecular flexibility index (Phi) is 5.80. The van der Waals surface area contributed by atoms with Gasteiger partial charge in [-0.3, -0.25) is 4.90 Å². The van der Waals surface area contributed by atoms with Crippen LogP contribution in [0.3, 0.4) is 0 Å². The molecule has 0 saturated carbocycles. The Morgan fingerprint density at radius 3 is 2.50 bits per heavy atom. The monoisotopic (exact) mass is 332 g/mol. The van der Waals surface area contributed by atoms with Gasteiger partial charge in [0.2, 0.25) is 0 Å².